The summed E-state index contributed by atoms with van der Waals surface area (Å²) in [4.78, 5) is 15.1. The van der Waals surface area contributed by atoms with Crippen molar-refractivity contribution in [3.8, 4) is 5.75 Å². The van der Waals surface area contributed by atoms with E-state index in [1.54, 1.807) is 18.3 Å². The first kappa shape index (κ1) is 22.4. The van der Waals surface area contributed by atoms with Crippen LogP contribution in [0.4, 0.5) is 5.69 Å². The van der Waals surface area contributed by atoms with Crippen molar-refractivity contribution in [2.24, 2.45) is 5.92 Å². The number of hydrogen-bond acceptors (Lipinski definition) is 6. The Hall–Kier alpha value is -2.32. The van der Waals surface area contributed by atoms with Gasteiger partial charge in [-0.1, -0.05) is 23.7 Å². The van der Waals surface area contributed by atoms with Crippen molar-refractivity contribution in [1.82, 2.24) is 25.2 Å². The number of anilines is 1. The van der Waals surface area contributed by atoms with Crippen molar-refractivity contribution in [2.45, 2.75) is 38.6 Å². The van der Waals surface area contributed by atoms with Gasteiger partial charge in [0.15, 0.2) is 0 Å². The number of amides is 1. The van der Waals surface area contributed by atoms with Gasteiger partial charge in [0.1, 0.15) is 5.75 Å². The number of nitrogen functional groups attached to an aromatic ring is 1. The van der Waals surface area contributed by atoms with Crippen molar-refractivity contribution in [1.29, 1.82) is 0 Å². The molecule has 164 valence electrons. The molecule has 1 aromatic heterocycles. The Balaban J connectivity index is 1.43. The van der Waals surface area contributed by atoms with Gasteiger partial charge in [-0.15, -0.1) is 5.10 Å². The smallest absolute Gasteiger partial charge is 0.255 e. The molecular formula is C21H31ClN6O2. The van der Waals surface area contributed by atoms with Crippen LogP contribution in [0.1, 0.15) is 49.0 Å². The summed E-state index contributed by atoms with van der Waals surface area (Å²) in [5, 5.41) is 11.4. The van der Waals surface area contributed by atoms with Crippen LogP contribution in [0.5, 0.6) is 5.75 Å². The van der Waals surface area contributed by atoms with Crippen molar-refractivity contribution >= 4 is 23.2 Å². The molecule has 0 aliphatic carbocycles. The van der Waals surface area contributed by atoms with E-state index >= 15 is 0 Å². The van der Waals surface area contributed by atoms with E-state index in [2.05, 4.69) is 27.5 Å². The second-order valence-corrected chi connectivity index (χ2v) is 8.21. The molecule has 3 rings (SSSR count). The van der Waals surface area contributed by atoms with Gasteiger partial charge in [-0.3, -0.25) is 4.79 Å². The zero-order valence-corrected chi connectivity index (χ0v) is 18.4. The van der Waals surface area contributed by atoms with Crippen LogP contribution in [0.2, 0.25) is 5.02 Å². The van der Waals surface area contributed by atoms with Crippen LogP contribution in [-0.2, 0) is 0 Å². The summed E-state index contributed by atoms with van der Waals surface area (Å²) in [6.07, 6.45) is 7.92. The number of nitrogens with zero attached hydrogens (tertiary/aromatic N) is 4. The average Bonchev–Trinajstić information content (AvgIpc) is 3.29. The molecule has 8 nitrogen and oxygen atoms in total. The highest BCUT2D eigenvalue weighted by atomic mass is 35.5. The number of benzene rings is 1. The molecule has 9 heteroatoms. The van der Waals surface area contributed by atoms with Crippen LogP contribution < -0.4 is 15.8 Å². The topological polar surface area (TPSA) is 98.3 Å². The molecule has 2 heterocycles. The van der Waals surface area contributed by atoms with Gasteiger partial charge in [0.05, 0.1) is 35.6 Å². The molecule has 0 saturated carbocycles. The van der Waals surface area contributed by atoms with Gasteiger partial charge in [-0.25, -0.2) is 4.68 Å². The summed E-state index contributed by atoms with van der Waals surface area (Å²) in [7, 11) is 1.52. The number of carbonyl (C=O) groups excluding carboxylic acids is 1. The van der Waals surface area contributed by atoms with Crippen molar-refractivity contribution in [3.63, 3.8) is 0 Å². The van der Waals surface area contributed by atoms with E-state index in [4.69, 9.17) is 22.1 Å². The monoisotopic (exact) mass is 434 g/mol. The lowest BCUT2D eigenvalue weighted by Gasteiger charge is -2.32. The van der Waals surface area contributed by atoms with Crippen LogP contribution >= 0.6 is 11.6 Å². The Kier molecular flexibility index (Phi) is 7.93. The van der Waals surface area contributed by atoms with Crippen LogP contribution in [0.15, 0.2) is 24.5 Å². The molecule has 1 aliphatic heterocycles. The second-order valence-electron chi connectivity index (χ2n) is 7.80. The van der Waals surface area contributed by atoms with Crippen molar-refractivity contribution in [3.05, 3.63) is 35.1 Å². The molecule has 0 spiro atoms. The van der Waals surface area contributed by atoms with E-state index in [0.717, 1.165) is 45.3 Å². The molecule has 30 heavy (non-hydrogen) atoms. The second kappa shape index (κ2) is 10.6. The lowest BCUT2D eigenvalue weighted by molar-refractivity contribution is 0.0932. The Bertz CT molecular complexity index is 821. The fraction of sp³-hybridized carbons (Fsp3) is 0.571. The van der Waals surface area contributed by atoms with Gasteiger partial charge in [-0.05, 0) is 50.8 Å². The Morgan fingerprint density at radius 2 is 2.17 bits per heavy atom. The zero-order valence-electron chi connectivity index (χ0n) is 17.7. The molecule has 1 aliphatic rings. The molecule has 0 radical (unpaired) electrons. The quantitative estimate of drug-likeness (QED) is 0.588. The highest BCUT2D eigenvalue weighted by Gasteiger charge is 2.22. The average molecular weight is 435 g/mol. The molecule has 2 aromatic rings. The van der Waals surface area contributed by atoms with E-state index in [1.165, 1.54) is 7.11 Å². The fourth-order valence-electron chi connectivity index (χ4n) is 3.93. The van der Waals surface area contributed by atoms with Gasteiger partial charge in [0.25, 0.3) is 5.91 Å². The van der Waals surface area contributed by atoms with Crippen LogP contribution in [0.25, 0.3) is 0 Å². The number of carbonyl (C=O) groups is 1. The van der Waals surface area contributed by atoms with Crippen molar-refractivity contribution < 1.29 is 9.53 Å². The lowest BCUT2D eigenvalue weighted by Crippen LogP contribution is -2.39. The summed E-state index contributed by atoms with van der Waals surface area (Å²) >= 11 is 6.07. The first-order chi connectivity index (χ1) is 14.5. The molecule has 1 atom stereocenters. The summed E-state index contributed by atoms with van der Waals surface area (Å²) in [5.74, 6) is 0.717. The SMILES string of the molecule is CCC(CCN1CCC(CNC(=O)c2cc(Cl)c(N)cc2OC)CC1)n1ccnn1. The van der Waals surface area contributed by atoms with Gasteiger partial charge in [-0.2, -0.15) is 0 Å². The first-order valence-electron chi connectivity index (χ1n) is 10.5. The standard InChI is InChI=1S/C21H31ClN6O2/c1-3-16(28-11-7-25-26-28)6-10-27-8-4-15(5-9-27)14-24-21(29)17-12-18(22)19(23)13-20(17)30-2/h7,11-13,15-16H,3-6,8-10,14,23H2,1-2H3,(H,24,29). The molecule has 1 saturated heterocycles. The third kappa shape index (κ3) is 5.64. The summed E-state index contributed by atoms with van der Waals surface area (Å²) in [5.41, 5.74) is 6.60. The molecular weight excluding hydrogens is 404 g/mol. The number of ether oxygens (including phenoxy) is 1. The van der Waals surface area contributed by atoms with E-state index in [1.807, 2.05) is 10.9 Å². The lowest BCUT2D eigenvalue weighted by atomic mass is 9.96. The van der Waals surface area contributed by atoms with E-state index < -0.39 is 0 Å². The van der Waals surface area contributed by atoms with Crippen molar-refractivity contribution in [2.75, 3.05) is 39.0 Å². The number of hydrogen-bond donors (Lipinski definition) is 2. The van der Waals surface area contributed by atoms with Gasteiger partial charge in [0, 0.05) is 25.4 Å². The van der Waals surface area contributed by atoms with Crippen LogP contribution in [-0.4, -0.2) is 59.1 Å². The van der Waals surface area contributed by atoms with Crippen LogP contribution in [0, 0.1) is 5.92 Å². The maximum atomic E-state index is 12.6. The number of aromatic nitrogens is 3. The molecule has 1 amide bonds. The summed E-state index contributed by atoms with van der Waals surface area (Å²) < 4.78 is 7.23. The maximum absolute atomic E-state index is 12.6. The Morgan fingerprint density at radius 3 is 2.80 bits per heavy atom. The largest absolute Gasteiger partial charge is 0.496 e. The number of rotatable bonds is 9. The minimum absolute atomic E-state index is 0.185. The first-order valence-corrected chi connectivity index (χ1v) is 10.9. The minimum atomic E-state index is -0.185. The van der Waals surface area contributed by atoms with Gasteiger partial charge in [0.2, 0.25) is 0 Å². The third-order valence-electron chi connectivity index (χ3n) is 5.89. The number of piperidine rings is 1. The number of nitrogens with two attached hydrogens (primary N) is 1. The maximum Gasteiger partial charge on any atom is 0.255 e. The summed E-state index contributed by atoms with van der Waals surface area (Å²) in [6, 6.07) is 3.54. The number of likely N-dealkylation sites (tertiary alicyclic amines) is 1. The highest BCUT2D eigenvalue weighted by molar-refractivity contribution is 6.33. The zero-order chi connectivity index (χ0) is 21.5. The Labute approximate surface area is 182 Å². The van der Waals surface area contributed by atoms with Crippen LogP contribution in [0.3, 0.4) is 0 Å². The van der Waals surface area contributed by atoms with Gasteiger partial charge >= 0.3 is 0 Å². The number of methoxy groups -OCH3 is 1. The number of halogens is 1. The normalized spacial score (nSPS) is 16.4. The Morgan fingerprint density at radius 1 is 1.40 bits per heavy atom. The molecule has 1 unspecified atom stereocenters. The number of nitrogens with one attached hydrogen (secondary N) is 1. The van der Waals surface area contributed by atoms with Gasteiger partial charge < -0.3 is 20.7 Å². The van der Waals surface area contributed by atoms with E-state index in [-0.39, 0.29) is 5.91 Å². The minimum Gasteiger partial charge on any atom is -0.496 e. The summed E-state index contributed by atoms with van der Waals surface area (Å²) in [6.45, 7) is 5.98. The molecule has 1 aromatic carbocycles. The highest BCUT2D eigenvalue weighted by Crippen LogP contribution is 2.29. The van der Waals surface area contributed by atoms with E-state index in [0.29, 0.717) is 40.5 Å². The molecule has 0 bridgehead atoms. The molecule has 3 N–H and O–H groups in total. The van der Waals surface area contributed by atoms with E-state index in [9.17, 15) is 4.79 Å². The predicted octanol–water partition coefficient (Wildman–Crippen LogP) is 3.01. The predicted molar refractivity (Wildman–Crippen MR) is 118 cm³/mol. The fourth-order valence-corrected chi connectivity index (χ4v) is 4.09. The molecule has 1 fully saturated rings. The third-order valence-corrected chi connectivity index (χ3v) is 6.21.